The van der Waals surface area contributed by atoms with Crippen LogP contribution in [0.3, 0.4) is 0 Å². The highest BCUT2D eigenvalue weighted by Crippen LogP contribution is 2.14. The molecule has 1 unspecified atom stereocenters. The number of hydrogen-bond acceptors (Lipinski definition) is 3. The Morgan fingerprint density at radius 1 is 1.54 bits per heavy atom. The van der Waals surface area contributed by atoms with Gasteiger partial charge in [0.05, 0.1) is 6.42 Å². The van der Waals surface area contributed by atoms with Crippen LogP contribution in [-0.4, -0.2) is 22.5 Å². The van der Waals surface area contributed by atoms with E-state index in [0.717, 1.165) is 6.42 Å². The van der Waals surface area contributed by atoms with Crippen LogP contribution in [0.4, 0.5) is 0 Å². The summed E-state index contributed by atoms with van der Waals surface area (Å²) in [6, 6.07) is 0. The van der Waals surface area contributed by atoms with Gasteiger partial charge in [-0.3, -0.25) is 4.79 Å². The van der Waals surface area contributed by atoms with E-state index in [9.17, 15) is 4.79 Å². The fourth-order valence-corrected chi connectivity index (χ4v) is 1.54. The molecule has 0 aliphatic rings. The first-order valence-electron chi connectivity index (χ1n) is 4.42. The standard InChI is InChI=1S/C9H17NO2S/c1-6(2)3-7(5-10)8(13)4-9(11)12/h6-7H,3-5,10H2,1-2H3,(H,11,12). The van der Waals surface area contributed by atoms with Crippen molar-refractivity contribution >= 4 is 23.1 Å². The Hall–Kier alpha value is -0.480. The summed E-state index contributed by atoms with van der Waals surface area (Å²) < 4.78 is 0. The zero-order chi connectivity index (χ0) is 10.4. The van der Waals surface area contributed by atoms with Gasteiger partial charge in [-0.05, 0) is 18.9 Å². The van der Waals surface area contributed by atoms with Gasteiger partial charge in [-0.15, -0.1) is 0 Å². The monoisotopic (exact) mass is 203 g/mol. The van der Waals surface area contributed by atoms with Crippen molar-refractivity contribution in [1.82, 2.24) is 0 Å². The van der Waals surface area contributed by atoms with Crippen molar-refractivity contribution in [1.29, 1.82) is 0 Å². The molecule has 0 radical (unpaired) electrons. The average Bonchev–Trinajstić information content (AvgIpc) is 1.98. The van der Waals surface area contributed by atoms with Crippen molar-refractivity contribution in [2.75, 3.05) is 6.54 Å². The summed E-state index contributed by atoms with van der Waals surface area (Å²) in [5.74, 6) is -0.293. The number of thiocarbonyl (C=S) groups is 1. The van der Waals surface area contributed by atoms with E-state index in [4.69, 9.17) is 23.1 Å². The van der Waals surface area contributed by atoms with E-state index in [0.29, 0.717) is 17.3 Å². The lowest BCUT2D eigenvalue weighted by molar-refractivity contribution is -0.135. The number of hydrogen-bond donors (Lipinski definition) is 2. The fourth-order valence-electron chi connectivity index (χ4n) is 1.22. The van der Waals surface area contributed by atoms with Gasteiger partial charge in [0.25, 0.3) is 0 Å². The second-order valence-corrected chi connectivity index (χ2v) is 4.12. The molecule has 3 nitrogen and oxygen atoms in total. The lowest BCUT2D eigenvalue weighted by Crippen LogP contribution is -2.25. The smallest absolute Gasteiger partial charge is 0.308 e. The first kappa shape index (κ1) is 12.5. The van der Waals surface area contributed by atoms with E-state index in [2.05, 4.69) is 13.8 Å². The quantitative estimate of drug-likeness (QED) is 0.641. The molecular formula is C9H17NO2S. The maximum atomic E-state index is 10.4. The molecule has 4 heteroatoms. The minimum Gasteiger partial charge on any atom is -0.481 e. The number of nitrogens with two attached hydrogens (primary N) is 1. The van der Waals surface area contributed by atoms with Gasteiger partial charge in [0.2, 0.25) is 0 Å². The molecule has 0 saturated heterocycles. The Balaban J connectivity index is 4.07. The predicted octanol–water partition coefficient (Wildman–Crippen LogP) is 1.45. The van der Waals surface area contributed by atoms with E-state index >= 15 is 0 Å². The third-order valence-electron chi connectivity index (χ3n) is 1.82. The topological polar surface area (TPSA) is 63.3 Å². The Morgan fingerprint density at radius 3 is 2.38 bits per heavy atom. The maximum absolute atomic E-state index is 10.4. The molecule has 3 N–H and O–H groups in total. The van der Waals surface area contributed by atoms with Crippen LogP contribution in [0.1, 0.15) is 26.7 Å². The van der Waals surface area contributed by atoms with Crippen LogP contribution in [0.25, 0.3) is 0 Å². The molecule has 0 heterocycles. The minimum absolute atomic E-state index is 0.0378. The molecule has 0 aromatic rings. The molecule has 76 valence electrons. The molecule has 0 aliphatic carbocycles. The van der Waals surface area contributed by atoms with E-state index in [1.807, 2.05) is 0 Å². The predicted molar refractivity (Wildman–Crippen MR) is 56.9 cm³/mol. The molecule has 0 amide bonds. The average molecular weight is 203 g/mol. The third-order valence-corrected chi connectivity index (χ3v) is 2.30. The van der Waals surface area contributed by atoms with E-state index in [-0.39, 0.29) is 12.3 Å². The van der Waals surface area contributed by atoms with Crippen molar-refractivity contribution in [3.05, 3.63) is 0 Å². The first-order chi connectivity index (χ1) is 5.97. The Kier molecular flexibility index (Phi) is 5.82. The lowest BCUT2D eigenvalue weighted by atomic mass is 9.93. The zero-order valence-corrected chi connectivity index (χ0v) is 8.93. The van der Waals surface area contributed by atoms with Gasteiger partial charge < -0.3 is 10.8 Å². The molecule has 0 spiro atoms. The highest BCUT2D eigenvalue weighted by atomic mass is 32.1. The summed E-state index contributed by atoms with van der Waals surface area (Å²) in [5.41, 5.74) is 5.52. The largest absolute Gasteiger partial charge is 0.481 e. The highest BCUT2D eigenvalue weighted by Gasteiger charge is 2.16. The van der Waals surface area contributed by atoms with E-state index < -0.39 is 5.97 Å². The van der Waals surface area contributed by atoms with Gasteiger partial charge in [-0.1, -0.05) is 26.1 Å². The summed E-state index contributed by atoms with van der Waals surface area (Å²) >= 11 is 5.01. The Labute approximate surface area is 84.3 Å². The van der Waals surface area contributed by atoms with Crippen molar-refractivity contribution in [3.63, 3.8) is 0 Å². The number of rotatable bonds is 6. The maximum Gasteiger partial charge on any atom is 0.308 e. The SMILES string of the molecule is CC(C)CC(CN)C(=S)CC(=O)O. The molecule has 0 aliphatic heterocycles. The lowest BCUT2D eigenvalue weighted by Gasteiger charge is -2.16. The van der Waals surface area contributed by atoms with Crippen molar-refractivity contribution in [2.45, 2.75) is 26.7 Å². The van der Waals surface area contributed by atoms with Gasteiger partial charge in [0, 0.05) is 10.8 Å². The Morgan fingerprint density at radius 2 is 2.08 bits per heavy atom. The second kappa shape index (κ2) is 6.05. The minimum atomic E-state index is -0.868. The number of carboxylic acids is 1. The van der Waals surface area contributed by atoms with Crippen LogP contribution in [-0.2, 0) is 4.79 Å². The summed E-state index contributed by atoms with van der Waals surface area (Å²) in [6.07, 6.45) is 0.840. The van der Waals surface area contributed by atoms with Crippen LogP contribution < -0.4 is 5.73 Å². The van der Waals surface area contributed by atoms with Gasteiger partial charge in [0.1, 0.15) is 0 Å². The molecule has 0 fully saturated rings. The molecule has 1 atom stereocenters. The van der Waals surface area contributed by atoms with Crippen molar-refractivity contribution in [3.8, 4) is 0 Å². The van der Waals surface area contributed by atoms with E-state index in [1.54, 1.807) is 0 Å². The van der Waals surface area contributed by atoms with Crippen LogP contribution in [0, 0.1) is 11.8 Å². The van der Waals surface area contributed by atoms with E-state index in [1.165, 1.54) is 0 Å². The summed E-state index contributed by atoms with van der Waals surface area (Å²) in [6.45, 7) is 4.60. The molecule has 0 saturated carbocycles. The number of carboxylic acid groups (broad SMARTS) is 1. The molecule has 13 heavy (non-hydrogen) atoms. The highest BCUT2D eigenvalue weighted by molar-refractivity contribution is 7.80. The summed E-state index contributed by atoms with van der Waals surface area (Å²) in [7, 11) is 0. The third kappa shape index (κ3) is 5.71. The van der Waals surface area contributed by atoms with Crippen molar-refractivity contribution in [2.24, 2.45) is 17.6 Å². The summed E-state index contributed by atoms with van der Waals surface area (Å²) in [4.78, 5) is 11.0. The van der Waals surface area contributed by atoms with Crippen LogP contribution >= 0.6 is 12.2 Å². The van der Waals surface area contributed by atoms with Gasteiger partial charge in [0.15, 0.2) is 0 Å². The van der Waals surface area contributed by atoms with Crippen LogP contribution in [0.5, 0.6) is 0 Å². The molecule has 0 aromatic heterocycles. The fraction of sp³-hybridized carbons (Fsp3) is 0.778. The molecule has 0 rings (SSSR count). The van der Waals surface area contributed by atoms with Gasteiger partial charge >= 0.3 is 5.97 Å². The van der Waals surface area contributed by atoms with Crippen molar-refractivity contribution < 1.29 is 9.90 Å². The molecular weight excluding hydrogens is 186 g/mol. The molecule has 0 aromatic carbocycles. The summed E-state index contributed by atoms with van der Waals surface area (Å²) in [5, 5.41) is 8.53. The van der Waals surface area contributed by atoms with Crippen LogP contribution in [0.2, 0.25) is 0 Å². The number of aliphatic carboxylic acids is 1. The molecule has 0 bridgehead atoms. The normalized spacial score (nSPS) is 12.9. The first-order valence-corrected chi connectivity index (χ1v) is 4.82. The van der Waals surface area contributed by atoms with Crippen LogP contribution in [0.15, 0.2) is 0 Å². The van der Waals surface area contributed by atoms with Gasteiger partial charge in [-0.25, -0.2) is 0 Å². The van der Waals surface area contributed by atoms with Gasteiger partial charge in [-0.2, -0.15) is 0 Å². The Bertz CT molecular complexity index is 192. The number of carbonyl (C=O) groups is 1. The zero-order valence-electron chi connectivity index (χ0n) is 8.12. The second-order valence-electron chi connectivity index (χ2n) is 3.60.